The largest absolute Gasteiger partial charge is 0.317 e. The van der Waals surface area contributed by atoms with Gasteiger partial charge in [0.1, 0.15) is 18.4 Å². The Labute approximate surface area is 106 Å². The monoisotopic (exact) mass is 261 g/mol. The van der Waals surface area contributed by atoms with Gasteiger partial charge < -0.3 is 4.57 Å². The smallest absolute Gasteiger partial charge is 0.133 e. The van der Waals surface area contributed by atoms with Crippen LogP contribution in [0.2, 0.25) is 0 Å². The quantitative estimate of drug-likeness (QED) is 0.779. The first kappa shape index (κ1) is 11.8. The molecule has 1 fully saturated rings. The summed E-state index contributed by atoms with van der Waals surface area (Å²) in [6, 6.07) is 1.92. The molecule has 94 valence electrons. The van der Waals surface area contributed by atoms with Crippen LogP contribution in [-0.2, 0) is 11.0 Å². The second kappa shape index (κ2) is 4.43. The van der Waals surface area contributed by atoms with Crippen molar-refractivity contribution in [2.75, 3.05) is 12.3 Å². The average molecular weight is 261 g/mol. The SMILES string of the molecule is CCc1ncc2cc(P3(=O)CCCC3)ncc2n1. The zero-order chi connectivity index (χ0) is 12.6. The summed E-state index contributed by atoms with van der Waals surface area (Å²) in [4.78, 5) is 13.1. The lowest BCUT2D eigenvalue weighted by Crippen LogP contribution is -2.11. The lowest BCUT2D eigenvalue weighted by atomic mass is 10.3. The van der Waals surface area contributed by atoms with Crippen LogP contribution in [0, 0.1) is 0 Å². The van der Waals surface area contributed by atoms with Gasteiger partial charge in [0.05, 0.1) is 11.7 Å². The van der Waals surface area contributed by atoms with Crippen molar-refractivity contribution in [2.24, 2.45) is 0 Å². The summed E-state index contributed by atoms with van der Waals surface area (Å²) in [5.41, 5.74) is 1.61. The van der Waals surface area contributed by atoms with Gasteiger partial charge in [-0.15, -0.1) is 0 Å². The molecular formula is C13H16N3OP. The Morgan fingerprint density at radius 2 is 2.00 bits per heavy atom. The van der Waals surface area contributed by atoms with Gasteiger partial charge >= 0.3 is 0 Å². The van der Waals surface area contributed by atoms with Crippen LogP contribution in [0.4, 0.5) is 0 Å². The summed E-state index contributed by atoms with van der Waals surface area (Å²) in [5, 5.41) is 0.944. The third-order valence-electron chi connectivity index (χ3n) is 3.52. The van der Waals surface area contributed by atoms with E-state index in [1.54, 1.807) is 6.20 Å². The molecule has 0 spiro atoms. The number of aromatic nitrogens is 3. The van der Waals surface area contributed by atoms with Crippen LogP contribution in [0.1, 0.15) is 25.6 Å². The third-order valence-corrected chi connectivity index (χ3v) is 6.68. The van der Waals surface area contributed by atoms with E-state index in [4.69, 9.17) is 0 Å². The van der Waals surface area contributed by atoms with Crippen molar-refractivity contribution < 1.29 is 4.57 Å². The lowest BCUT2D eigenvalue weighted by Gasteiger charge is -2.10. The normalized spacial score (nSPS) is 18.3. The van der Waals surface area contributed by atoms with Gasteiger partial charge in [0.25, 0.3) is 0 Å². The van der Waals surface area contributed by atoms with Crippen LogP contribution in [-0.4, -0.2) is 27.3 Å². The maximum atomic E-state index is 12.7. The summed E-state index contributed by atoms with van der Waals surface area (Å²) >= 11 is 0. The van der Waals surface area contributed by atoms with E-state index in [-0.39, 0.29) is 0 Å². The molecule has 0 aliphatic carbocycles. The number of pyridine rings is 1. The molecule has 0 atom stereocenters. The molecule has 4 nitrogen and oxygen atoms in total. The maximum absolute atomic E-state index is 12.7. The van der Waals surface area contributed by atoms with E-state index in [1.165, 1.54) is 0 Å². The molecule has 1 aliphatic heterocycles. The van der Waals surface area contributed by atoms with Crippen molar-refractivity contribution in [1.82, 2.24) is 15.0 Å². The molecule has 0 aromatic carbocycles. The van der Waals surface area contributed by atoms with Crippen molar-refractivity contribution in [1.29, 1.82) is 0 Å². The number of aryl methyl sites for hydroxylation is 1. The molecule has 0 bridgehead atoms. The minimum Gasteiger partial charge on any atom is -0.317 e. The van der Waals surface area contributed by atoms with Crippen LogP contribution in [0.5, 0.6) is 0 Å². The minimum atomic E-state index is -2.21. The number of fused-ring (bicyclic) bond motifs is 1. The van der Waals surface area contributed by atoms with E-state index < -0.39 is 7.14 Å². The van der Waals surface area contributed by atoms with Crippen molar-refractivity contribution in [3.05, 3.63) is 24.3 Å². The fourth-order valence-electron chi connectivity index (χ4n) is 2.43. The van der Waals surface area contributed by atoms with Crippen molar-refractivity contribution >= 4 is 23.5 Å². The number of hydrogen-bond acceptors (Lipinski definition) is 4. The number of nitrogens with zero attached hydrogens (tertiary/aromatic N) is 3. The molecule has 0 saturated carbocycles. The van der Waals surface area contributed by atoms with E-state index in [0.29, 0.717) is 0 Å². The molecule has 1 aliphatic rings. The minimum absolute atomic E-state index is 0.764. The first-order valence-electron chi connectivity index (χ1n) is 6.41. The average Bonchev–Trinajstić information content (AvgIpc) is 2.85. The topological polar surface area (TPSA) is 55.7 Å². The van der Waals surface area contributed by atoms with Gasteiger partial charge in [0, 0.05) is 30.3 Å². The summed E-state index contributed by atoms with van der Waals surface area (Å²) in [5.74, 6) is 0.824. The van der Waals surface area contributed by atoms with E-state index in [9.17, 15) is 4.57 Å². The zero-order valence-electron chi connectivity index (χ0n) is 10.5. The van der Waals surface area contributed by atoms with Gasteiger partial charge in [-0.05, 0) is 18.9 Å². The molecule has 0 radical (unpaired) electrons. The molecule has 0 N–H and O–H groups in total. The first-order valence-corrected chi connectivity index (χ1v) is 8.49. The second-order valence-corrected chi connectivity index (χ2v) is 7.92. The second-order valence-electron chi connectivity index (χ2n) is 4.78. The Morgan fingerprint density at radius 3 is 2.72 bits per heavy atom. The van der Waals surface area contributed by atoms with Crippen molar-refractivity contribution in [3.8, 4) is 0 Å². The van der Waals surface area contributed by atoms with E-state index in [1.807, 2.05) is 19.2 Å². The standard InChI is InChI=1S/C13H16N3OP/c1-2-12-14-8-10-7-13(15-9-11(10)16-12)18(17)5-3-4-6-18/h7-9H,2-6H2,1H3. The van der Waals surface area contributed by atoms with Crippen LogP contribution < -0.4 is 5.44 Å². The molecular weight excluding hydrogens is 245 g/mol. The van der Waals surface area contributed by atoms with Gasteiger partial charge in [-0.2, -0.15) is 0 Å². The summed E-state index contributed by atoms with van der Waals surface area (Å²) in [7, 11) is -2.21. The Bertz CT molecular complexity index is 631. The molecule has 2 aromatic heterocycles. The zero-order valence-corrected chi connectivity index (χ0v) is 11.4. The highest BCUT2D eigenvalue weighted by atomic mass is 31.2. The fraction of sp³-hybridized carbons (Fsp3) is 0.462. The van der Waals surface area contributed by atoms with Crippen molar-refractivity contribution in [2.45, 2.75) is 26.2 Å². The molecule has 5 heteroatoms. The van der Waals surface area contributed by atoms with Gasteiger partial charge in [-0.1, -0.05) is 6.92 Å². The highest BCUT2D eigenvalue weighted by molar-refractivity contribution is 7.71. The predicted molar refractivity (Wildman–Crippen MR) is 72.9 cm³/mol. The Morgan fingerprint density at radius 1 is 1.22 bits per heavy atom. The molecule has 18 heavy (non-hydrogen) atoms. The molecule has 3 heterocycles. The Balaban J connectivity index is 2.09. The third kappa shape index (κ3) is 1.95. The molecule has 3 rings (SSSR count). The molecule has 1 saturated heterocycles. The fourth-order valence-corrected chi connectivity index (χ4v) is 5.22. The van der Waals surface area contributed by atoms with Crippen LogP contribution in [0.3, 0.4) is 0 Å². The van der Waals surface area contributed by atoms with Gasteiger partial charge in [-0.3, -0.25) is 4.98 Å². The van der Waals surface area contributed by atoms with Gasteiger partial charge in [-0.25, -0.2) is 9.97 Å². The molecule has 2 aromatic rings. The highest BCUT2D eigenvalue weighted by Crippen LogP contribution is 2.50. The highest BCUT2D eigenvalue weighted by Gasteiger charge is 2.30. The lowest BCUT2D eigenvalue weighted by molar-refractivity contribution is 0.584. The van der Waals surface area contributed by atoms with Crippen molar-refractivity contribution in [3.63, 3.8) is 0 Å². The predicted octanol–water partition coefficient (Wildman–Crippen LogP) is 2.37. The van der Waals surface area contributed by atoms with E-state index in [0.717, 1.165) is 53.7 Å². The summed E-state index contributed by atoms with van der Waals surface area (Å²) < 4.78 is 12.7. The number of hydrogen-bond donors (Lipinski definition) is 0. The number of rotatable bonds is 2. The summed E-state index contributed by atoms with van der Waals surface area (Å²) in [6.07, 6.45) is 8.09. The van der Waals surface area contributed by atoms with E-state index >= 15 is 0 Å². The van der Waals surface area contributed by atoms with Crippen LogP contribution in [0.15, 0.2) is 18.5 Å². The molecule has 0 unspecified atom stereocenters. The molecule has 0 amide bonds. The Kier molecular flexibility index (Phi) is 2.90. The van der Waals surface area contributed by atoms with Crippen LogP contribution in [0.25, 0.3) is 10.9 Å². The van der Waals surface area contributed by atoms with E-state index in [2.05, 4.69) is 15.0 Å². The first-order chi connectivity index (χ1) is 8.71. The maximum Gasteiger partial charge on any atom is 0.133 e. The Hall–Kier alpha value is -1.28. The van der Waals surface area contributed by atoms with Gasteiger partial charge in [0.15, 0.2) is 0 Å². The van der Waals surface area contributed by atoms with Gasteiger partial charge in [0.2, 0.25) is 0 Å². The van der Waals surface area contributed by atoms with Crippen LogP contribution >= 0.6 is 7.14 Å². The summed E-state index contributed by atoms with van der Waals surface area (Å²) in [6.45, 7) is 2.03.